The Morgan fingerprint density at radius 1 is 0.917 bits per heavy atom. The van der Waals surface area contributed by atoms with Gasteiger partial charge in [0.15, 0.2) is 0 Å². The summed E-state index contributed by atoms with van der Waals surface area (Å²) >= 11 is 6.46. The lowest BCUT2D eigenvalue weighted by Gasteiger charge is -2.32. The Morgan fingerprint density at radius 3 is 2.22 bits per heavy atom. The van der Waals surface area contributed by atoms with Crippen LogP contribution in [0.15, 0.2) is 84.9 Å². The molecule has 6 heteroatoms. The van der Waals surface area contributed by atoms with Gasteiger partial charge in [-0.2, -0.15) is 0 Å². The number of ether oxygens (including phenoxy) is 1. The lowest BCUT2D eigenvalue weighted by Crippen LogP contribution is -2.51. The molecule has 3 rings (SSSR count). The van der Waals surface area contributed by atoms with Crippen molar-refractivity contribution in [2.75, 3.05) is 13.2 Å². The van der Waals surface area contributed by atoms with Gasteiger partial charge in [-0.3, -0.25) is 9.59 Å². The first kappa shape index (κ1) is 27.3. The topological polar surface area (TPSA) is 58.6 Å². The molecule has 0 radical (unpaired) electrons. The molecule has 3 aromatic carbocycles. The Kier molecular flexibility index (Phi) is 10.8. The number of hydrogen-bond acceptors (Lipinski definition) is 3. The van der Waals surface area contributed by atoms with Crippen molar-refractivity contribution in [3.05, 3.63) is 101 Å². The molecule has 0 aliphatic carbocycles. The minimum atomic E-state index is -0.662. The Bertz CT molecular complexity index is 1090. The zero-order valence-electron chi connectivity index (χ0n) is 21.0. The number of carbonyl (C=O) groups is 2. The van der Waals surface area contributed by atoms with E-state index in [4.69, 9.17) is 16.3 Å². The molecule has 2 amide bonds. The fourth-order valence-corrected chi connectivity index (χ4v) is 4.06. The molecule has 3 aromatic rings. The van der Waals surface area contributed by atoms with Crippen molar-refractivity contribution in [3.63, 3.8) is 0 Å². The summed E-state index contributed by atoms with van der Waals surface area (Å²) in [4.78, 5) is 28.7. The summed E-state index contributed by atoms with van der Waals surface area (Å²) in [6, 6.07) is 26.1. The van der Waals surface area contributed by atoms with Crippen LogP contribution in [-0.4, -0.2) is 35.9 Å². The molecular formula is C30H35ClN2O3. The molecule has 5 nitrogen and oxygen atoms in total. The first-order valence-corrected chi connectivity index (χ1v) is 12.8. The van der Waals surface area contributed by atoms with Gasteiger partial charge in [0.05, 0.1) is 6.61 Å². The van der Waals surface area contributed by atoms with Crippen molar-refractivity contribution < 1.29 is 14.3 Å². The Morgan fingerprint density at radius 2 is 1.56 bits per heavy atom. The predicted molar refractivity (Wildman–Crippen MR) is 145 cm³/mol. The fraction of sp³-hybridized carbons (Fsp3) is 0.333. The van der Waals surface area contributed by atoms with E-state index in [2.05, 4.69) is 5.32 Å². The zero-order chi connectivity index (χ0) is 25.8. The number of amides is 2. The second-order valence-electron chi connectivity index (χ2n) is 9.22. The number of nitrogens with zero attached hydrogens (tertiary/aromatic N) is 1. The lowest BCUT2D eigenvalue weighted by molar-refractivity contribution is -0.141. The van der Waals surface area contributed by atoms with Crippen molar-refractivity contribution in [2.45, 2.75) is 45.7 Å². The average Bonchev–Trinajstić information content (AvgIpc) is 2.89. The number of halogens is 1. The minimum Gasteiger partial charge on any atom is -0.494 e. The number of para-hydroxylation sites is 1. The van der Waals surface area contributed by atoms with Gasteiger partial charge in [-0.15, -0.1) is 0 Å². The fourth-order valence-electron chi connectivity index (χ4n) is 3.86. The van der Waals surface area contributed by atoms with E-state index >= 15 is 0 Å². The van der Waals surface area contributed by atoms with Gasteiger partial charge in [0.2, 0.25) is 11.8 Å². The maximum absolute atomic E-state index is 13.6. The third-order valence-corrected chi connectivity index (χ3v) is 6.17. The maximum Gasteiger partial charge on any atom is 0.243 e. The van der Waals surface area contributed by atoms with Gasteiger partial charge in [-0.25, -0.2) is 0 Å². The highest BCUT2D eigenvalue weighted by molar-refractivity contribution is 6.31. The van der Waals surface area contributed by atoms with E-state index in [1.165, 1.54) is 0 Å². The summed E-state index contributed by atoms with van der Waals surface area (Å²) in [5.74, 6) is 0.808. The molecule has 0 saturated heterocycles. The third-order valence-electron chi connectivity index (χ3n) is 5.80. The van der Waals surface area contributed by atoms with Crippen LogP contribution in [0.3, 0.4) is 0 Å². The van der Waals surface area contributed by atoms with Crippen LogP contribution in [-0.2, 0) is 22.6 Å². The van der Waals surface area contributed by atoms with E-state index in [9.17, 15) is 9.59 Å². The average molecular weight is 507 g/mol. The third kappa shape index (κ3) is 8.72. The monoisotopic (exact) mass is 506 g/mol. The van der Waals surface area contributed by atoms with E-state index in [-0.39, 0.29) is 24.8 Å². The number of benzene rings is 3. The van der Waals surface area contributed by atoms with Crippen molar-refractivity contribution in [1.29, 1.82) is 0 Å². The molecule has 1 atom stereocenters. The minimum absolute atomic E-state index is 0.104. The highest BCUT2D eigenvalue weighted by Gasteiger charge is 2.30. The van der Waals surface area contributed by atoms with Crippen LogP contribution >= 0.6 is 11.6 Å². The van der Waals surface area contributed by atoms with Crippen molar-refractivity contribution >= 4 is 23.4 Å². The number of rotatable bonds is 13. The van der Waals surface area contributed by atoms with Crippen molar-refractivity contribution in [2.24, 2.45) is 5.92 Å². The Balaban J connectivity index is 1.80. The molecule has 0 spiro atoms. The van der Waals surface area contributed by atoms with Crippen LogP contribution < -0.4 is 10.1 Å². The zero-order valence-corrected chi connectivity index (χ0v) is 21.8. The normalized spacial score (nSPS) is 11.7. The Hall–Kier alpha value is -3.31. The summed E-state index contributed by atoms with van der Waals surface area (Å²) in [7, 11) is 0. The van der Waals surface area contributed by atoms with Crippen LogP contribution in [0.1, 0.15) is 37.8 Å². The van der Waals surface area contributed by atoms with Gasteiger partial charge in [0.25, 0.3) is 0 Å². The number of nitrogens with one attached hydrogen (secondary N) is 1. The summed E-state index contributed by atoms with van der Waals surface area (Å²) in [5, 5.41) is 3.61. The van der Waals surface area contributed by atoms with Crippen LogP contribution in [0.5, 0.6) is 5.75 Å². The highest BCUT2D eigenvalue weighted by Crippen LogP contribution is 2.21. The quantitative estimate of drug-likeness (QED) is 0.293. The SMILES string of the molecule is CC(C)CNC(=O)C(Cc1ccccc1)N(Cc1ccccc1Cl)C(=O)CCCOc1ccccc1. The molecule has 0 aromatic heterocycles. The van der Waals surface area contributed by atoms with Gasteiger partial charge >= 0.3 is 0 Å². The van der Waals surface area contributed by atoms with E-state index in [0.717, 1.165) is 16.9 Å². The number of carbonyl (C=O) groups excluding carboxylic acids is 2. The first-order chi connectivity index (χ1) is 17.4. The summed E-state index contributed by atoms with van der Waals surface area (Å²) in [5.41, 5.74) is 1.80. The lowest BCUT2D eigenvalue weighted by atomic mass is 10.0. The second-order valence-corrected chi connectivity index (χ2v) is 9.63. The van der Waals surface area contributed by atoms with Crippen LogP contribution in [0.2, 0.25) is 5.02 Å². The maximum atomic E-state index is 13.6. The molecule has 1 N–H and O–H groups in total. The van der Waals surface area contributed by atoms with Gasteiger partial charge in [0.1, 0.15) is 11.8 Å². The van der Waals surface area contributed by atoms with Crippen molar-refractivity contribution in [3.8, 4) is 5.75 Å². The Labute approximate surface area is 219 Å². The summed E-state index contributed by atoms with van der Waals surface area (Å²) in [6.07, 6.45) is 1.22. The predicted octanol–water partition coefficient (Wildman–Crippen LogP) is 5.91. The van der Waals surface area contributed by atoms with E-state index in [1.807, 2.05) is 92.7 Å². The number of hydrogen-bond donors (Lipinski definition) is 1. The molecular weight excluding hydrogens is 472 g/mol. The smallest absolute Gasteiger partial charge is 0.243 e. The van der Waals surface area contributed by atoms with Gasteiger partial charge in [0, 0.05) is 31.0 Å². The molecule has 0 saturated carbocycles. The van der Waals surface area contributed by atoms with Crippen LogP contribution in [0.25, 0.3) is 0 Å². The highest BCUT2D eigenvalue weighted by atomic mass is 35.5. The van der Waals surface area contributed by atoms with E-state index in [0.29, 0.717) is 36.9 Å². The largest absolute Gasteiger partial charge is 0.494 e. The first-order valence-electron chi connectivity index (χ1n) is 12.5. The van der Waals surface area contributed by atoms with Crippen LogP contribution in [0.4, 0.5) is 0 Å². The molecule has 1 unspecified atom stereocenters. The van der Waals surface area contributed by atoms with E-state index < -0.39 is 6.04 Å². The summed E-state index contributed by atoms with van der Waals surface area (Å²) < 4.78 is 5.77. The molecule has 0 heterocycles. The molecule has 190 valence electrons. The van der Waals surface area contributed by atoms with Gasteiger partial charge in [-0.1, -0.05) is 92.2 Å². The van der Waals surface area contributed by atoms with E-state index in [1.54, 1.807) is 11.0 Å². The van der Waals surface area contributed by atoms with Crippen molar-refractivity contribution in [1.82, 2.24) is 10.2 Å². The molecule has 0 bridgehead atoms. The molecule has 0 aliphatic heterocycles. The molecule has 0 fully saturated rings. The van der Waals surface area contributed by atoms with Gasteiger partial charge in [-0.05, 0) is 41.7 Å². The van der Waals surface area contributed by atoms with Crippen LogP contribution in [0, 0.1) is 5.92 Å². The summed E-state index contributed by atoms with van der Waals surface area (Å²) in [6.45, 7) is 5.31. The second kappa shape index (κ2) is 14.3. The molecule has 0 aliphatic rings. The standard InChI is InChI=1S/C30H35ClN2O3/c1-23(2)21-32-30(35)28(20-24-12-5-3-6-13-24)33(22-25-14-9-10-17-27(25)31)29(34)18-11-19-36-26-15-7-4-8-16-26/h3-10,12-17,23,28H,11,18-22H2,1-2H3,(H,32,35). The molecule has 36 heavy (non-hydrogen) atoms. The van der Waals surface area contributed by atoms with Gasteiger partial charge < -0.3 is 15.0 Å².